The van der Waals surface area contributed by atoms with Crippen molar-refractivity contribution < 1.29 is 0 Å². The van der Waals surface area contributed by atoms with E-state index in [0.29, 0.717) is 12.5 Å². The minimum Gasteiger partial charge on any atom is -0.350 e. The fourth-order valence-electron chi connectivity index (χ4n) is 3.87. The van der Waals surface area contributed by atoms with Crippen LogP contribution in [0.2, 0.25) is 0 Å². The molecule has 0 saturated carbocycles. The summed E-state index contributed by atoms with van der Waals surface area (Å²) in [4.78, 5) is 0. The van der Waals surface area contributed by atoms with Gasteiger partial charge in [-0.3, -0.25) is 0 Å². The summed E-state index contributed by atoms with van der Waals surface area (Å²) >= 11 is 0. The zero-order valence-electron chi connectivity index (χ0n) is 14.2. The smallest absolute Gasteiger partial charge is 0.0480 e. The average molecular weight is 317 g/mol. The third-order valence-corrected chi connectivity index (χ3v) is 5.10. The first-order valence-electron chi connectivity index (χ1n) is 8.46. The van der Waals surface area contributed by atoms with Gasteiger partial charge in [-0.1, -0.05) is 36.4 Å². The molecular weight excluding hydrogens is 294 g/mol. The van der Waals surface area contributed by atoms with Crippen molar-refractivity contribution in [3.63, 3.8) is 0 Å². The Bertz CT molecular complexity index is 1010. The zero-order chi connectivity index (χ0) is 16.7. The van der Waals surface area contributed by atoms with E-state index >= 15 is 0 Å². The van der Waals surface area contributed by atoms with Crippen molar-refractivity contribution in [2.45, 2.75) is 12.3 Å². The number of hydrogen-bond acceptors (Lipinski definition) is 1. The Kier molecular flexibility index (Phi) is 3.66. The Labute approximate surface area is 142 Å². The molecule has 2 heterocycles. The normalized spacial score (nSPS) is 13.0. The molecule has 24 heavy (non-hydrogen) atoms. The minimum atomic E-state index is 0.321. The Morgan fingerprint density at radius 2 is 1.42 bits per heavy atom. The largest absolute Gasteiger partial charge is 0.350 e. The average Bonchev–Trinajstić information content (AvgIpc) is 3.11. The third-order valence-electron chi connectivity index (χ3n) is 5.10. The highest BCUT2D eigenvalue weighted by Crippen LogP contribution is 2.31. The summed E-state index contributed by atoms with van der Waals surface area (Å²) in [6, 6.07) is 17.2. The number of nitrogens with two attached hydrogens (primary N) is 1. The van der Waals surface area contributed by atoms with Gasteiger partial charge < -0.3 is 14.9 Å². The maximum atomic E-state index is 6.19. The van der Waals surface area contributed by atoms with Crippen LogP contribution in [0.1, 0.15) is 17.0 Å². The molecule has 0 amide bonds. The summed E-state index contributed by atoms with van der Waals surface area (Å²) in [6.07, 6.45) is 5.46. The van der Waals surface area contributed by atoms with Gasteiger partial charge in [-0.25, -0.2) is 0 Å². The van der Waals surface area contributed by atoms with Gasteiger partial charge in [0, 0.05) is 54.2 Å². The van der Waals surface area contributed by atoms with Gasteiger partial charge in [0.25, 0.3) is 0 Å². The third kappa shape index (κ3) is 2.33. The molecule has 3 nitrogen and oxygen atoms in total. The van der Waals surface area contributed by atoms with Crippen LogP contribution in [0, 0.1) is 0 Å². The lowest BCUT2D eigenvalue weighted by Gasteiger charge is -2.14. The van der Waals surface area contributed by atoms with Gasteiger partial charge in [0.1, 0.15) is 0 Å². The van der Waals surface area contributed by atoms with Gasteiger partial charge in [0.2, 0.25) is 0 Å². The van der Waals surface area contributed by atoms with Gasteiger partial charge in [0.05, 0.1) is 0 Å². The molecule has 2 N–H and O–H groups in total. The van der Waals surface area contributed by atoms with E-state index in [1.165, 1.54) is 32.9 Å². The summed E-state index contributed by atoms with van der Waals surface area (Å²) in [5.74, 6) is 0.321. The molecule has 122 valence electrons. The summed E-state index contributed by atoms with van der Waals surface area (Å²) in [7, 11) is 4.22. The van der Waals surface area contributed by atoms with Crippen LogP contribution < -0.4 is 5.73 Å². The first-order valence-corrected chi connectivity index (χ1v) is 8.46. The van der Waals surface area contributed by atoms with Crippen molar-refractivity contribution in [2.75, 3.05) is 6.54 Å². The molecule has 1 atom stereocenters. The van der Waals surface area contributed by atoms with E-state index in [2.05, 4.69) is 84.2 Å². The summed E-state index contributed by atoms with van der Waals surface area (Å²) in [6.45, 7) is 0.650. The van der Waals surface area contributed by atoms with Crippen molar-refractivity contribution in [1.29, 1.82) is 0 Å². The number of rotatable bonds is 4. The highest BCUT2D eigenvalue weighted by molar-refractivity contribution is 5.86. The maximum absolute atomic E-state index is 6.19. The molecule has 0 spiro atoms. The van der Waals surface area contributed by atoms with E-state index in [-0.39, 0.29) is 0 Å². The van der Waals surface area contributed by atoms with Crippen LogP contribution in [0.15, 0.2) is 60.9 Å². The number of hydrogen-bond donors (Lipinski definition) is 1. The van der Waals surface area contributed by atoms with Crippen molar-refractivity contribution in [3.8, 4) is 0 Å². The van der Waals surface area contributed by atoms with Crippen molar-refractivity contribution in [1.82, 2.24) is 9.13 Å². The minimum absolute atomic E-state index is 0.321. The highest BCUT2D eigenvalue weighted by atomic mass is 14.9. The van der Waals surface area contributed by atoms with Crippen LogP contribution >= 0.6 is 0 Å². The number of fused-ring (bicyclic) bond motifs is 2. The first kappa shape index (κ1) is 15.0. The number of aryl methyl sites for hydroxylation is 2. The molecule has 0 aliphatic rings. The Hall–Kier alpha value is -2.52. The Morgan fingerprint density at radius 1 is 0.833 bits per heavy atom. The van der Waals surface area contributed by atoms with E-state index in [1.807, 2.05) is 0 Å². The molecule has 0 aliphatic carbocycles. The summed E-state index contributed by atoms with van der Waals surface area (Å²) in [5.41, 5.74) is 11.5. The van der Waals surface area contributed by atoms with Crippen molar-refractivity contribution in [2.24, 2.45) is 19.8 Å². The number of aromatic nitrogens is 2. The lowest BCUT2D eigenvalue weighted by atomic mass is 9.91. The molecule has 0 bridgehead atoms. The molecule has 1 unspecified atom stereocenters. The number of nitrogens with zero attached hydrogens (tertiary/aromatic N) is 2. The molecule has 4 aromatic rings. The second kappa shape index (κ2) is 5.84. The summed E-state index contributed by atoms with van der Waals surface area (Å²) < 4.78 is 4.41. The lowest BCUT2D eigenvalue weighted by molar-refractivity contribution is 0.697. The van der Waals surface area contributed by atoms with Gasteiger partial charge in [-0.15, -0.1) is 0 Å². The number of para-hydroxylation sites is 2. The highest BCUT2D eigenvalue weighted by Gasteiger charge is 2.18. The SMILES string of the molecule is Cn1cc(CC(CN)c2cn(C)c3ccccc23)c2ccccc21. The predicted molar refractivity (Wildman–Crippen MR) is 101 cm³/mol. The van der Waals surface area contributed by atoms with E-state index in [0.717, 1.165) is 6.42 Å². The van der Waals surface area contributed by atoms with Crippen LogP contribution in [-0.2, 0) is 20.5 Å². The number of benzene rings is 2. The molecule has 3 heteroatoms. The van der Waals surface area contributed by atoms with E-state index in [4.69, 9.17) is 5.73 Å². The van der Waals surface area contributed by atoms with Crippen LogP contribution in [0.5, 0.6) is 0 Å². The van der Waals surface area contributed by atoms with E-state index < -0.39 is 0 Å². The van der Waals surface area contributed by atoms with Crippen LogP contribution in [0.4, 0.5) is 0 Å². The van der Waals surface area contributed by atoms with Crippen LogP contribution in [0.25, 0.3) is 21.8 Å². The standard InChI is InChI=1S/C21H23N3/c1-23-13-16(17-7-3-5-9-20(17)23)11-15(12-22)19-14-24(2)21-10-6-4-8-18(19)21/h3-10,13-15H,11-12,22H2,1-2H3. The van der Waals surface area contributed by atoms with Gasteiger partial charge in [0.15, 0.2) is 0 Å². The lowest BCUT2D eigenvalue weighted by Crippen LogP contribution is -2.14. The molecule has 4 rings (SSSR count). The fourth-order valence-corrected chi connectivity index (χ4v) is 3.87. The van der Waals surface area contributed by atoms with E-state index in [9.17, 15) is 0 Å². The van der Waals surface area contributed by atoms with Gasteiger partial charge in [-0.2, -0.15) is 0 Å². The molecule has 0 aliphatic heterocycles. The summed E-state index contributed by atoms with van der Waals surface area (Å²) in [5, 5.41) is 2.65. The zero-order valence-corrected chi connectivity index (χ0v) is 14.2. The maximum Gasteiger partial charge on any atom is 0.0480 e. The molecule has 0 fully saturated rings. The quantitative estimate of drug-likeness (QED) is 0.608. The molecular formula is C21H23N3. The molecule has 0 radical (unpaired) electrons. The van der Waals surface area contributed by atoms with Crippen molar-refractivity contribution >= 4 is 21.8 Å². The second-order valence-corrected chi connectivity index (χ2v) is 6.63. The van der Waals surface area contributed by atoms with Crippen molar-refractivity contribution in [3.05, 3.63) is 72.1 Å². The van der Waals surface area contributed by atoms with Gasteiger partial charge >= 0.3 is 0 Å². The molecule has 2 aromatic heterocycles. The fraction of sp³-hybridized carbons (Fsp3) is 0.238. The Balaban J connectivity index is 1.78. The van der Waals surface area contributed by atoms with Gasteiger partial charge in [-0.05, 0) is 36.2 Å². The monoisotopic (exact) mass is 317 g/mol. The van der Waals surface area contributed by atoms with Crippen LogP contribution in [0.3, 0.4) is 0 Å². The second-order valence-electron chi connectivity index (χ2n) is 6.63. The first-order chi connectivity index (χ1) is 11.7. The molecule has 2 aromatic carbocycles. The Morgan fingerprint density at radius 3 is 2.12 bits per heavy atom. The topological polar surface area (TPSA) is 35.9 Å². The van der Waals surface area contributed by atoms with E-state index in [1.54, 1.807) is 0 Å². The van der Waals surface area contributed by atoms with Crippen LogP contribution in [-0.4, -0.2) is 15.7 Å². The predicted octanol–water partition coefficient (Wildman–Crippen LogP) is 3.96. The molecule has 0 saturated heterocycles.